The first-order valence-electron chi connectivity index (χ1n) is 6.75. The predicted octanol–water partition coefficient (Wildman–Crippen LogP) is 0.907. The van der Waals surface area contributed by atoms with Crippen LogP contribution in [0.3, 0.4) is 0 Å². The molecule has 1 aromatic carbocycles. The molecule has 0 aliphatic rings. The Morgan fingerprint density at radius 2 is 1.50 bits per heavy atom. The number of aliphatic hydroxyl groups excluding tert-OH is 3. The van der Waals surface area contributed by atoms with E-state index in [-0.39, 0.29) is 19.8 Å². The van der Waals surface area contributed by atoms with E-state index in [1.54, 1.807) is 19.9 Å². The number of aryl methyl sites for hydroxylation is 1. The highest BCUT2D eigenvalue weighted by Gasteiger charge is 2.20. The molecule has 0 radical (unpaired) electrons. The summed E-state index contributed by atoms with van der Waals surface area (Å²) < 4.78 is 5.05. The minimum atomic E-state index is -0.708. The Morgan fingerprint density at radius 3 is 1.77 bits per heavy atom. The average molecular weight is 312 g/mol. The molecule has 0 heterocycles. The molecule has 0 spiro atoms. The largest absolute Gasteiger partial charge is 0.496 e. The summed E-state index contributed by atoms with van der Waals surface area (Å²) in [6.45, 7) is 4.61. The Bertz CT molecular complexity index is 498. The van der Waals surface area contributed by atoms with E-state index in [9.17, 15) is 9.59 Å². The van der Waals surface area contributed by atoms with E-state index in [0.29, 0.717) is 28.7 Å². The molecule has 6 heteroatoms. The van der Waals surface area contributed by atoms with Crippen LogP contribution in [0.5, 0.6) is 5.75 Å². The van der Waals surface area contributed by atoms with Gasteiger partial charge in [0.15, 0.2) is 12.6 Å². The van der Waals surface area contributed by atoms with Crippen LogP contribution in [0.2, 0.25) is 0 Å². The summed E-state index contributed by atoms with van der Waals surface area (Å²) in [7, 11) is 1.50. The van der Waals surface area contributed by atoms with E-state index < -0.39 is 5.41 Å². The second-order valence-corrected chi connectivity index (χ2v) is 5.37. The number of ether oxygens (including phenoxy) is 1. The number of methoxy groups -OCH3 is 1. The van der Waals surface area contributed by atoms with Crippen molar-refractivity contribution < 1.29 is 29.6 Å². The third kappa shape index (κ3) is 4.91. The van der Waals surface area contributed by atoms with Gasteiger partial charge in [-0.25, -0.2) is 0 Å². The highest BCUT2D eigenvalue weighted by atomic mass is 16.5. The fourth-order valence-electron chi connectivity index (χ4n) is 1.62. The summed E-state index contributed by atoms with van der Waals surface area (Å²) in [6.07, 6.45) is 1.47. The molecule has 22 heavy (non-hydrogen) atoms. The lowest BCUT2D eigenvalue weighted by atomic mass is 9.95. The second-order valence-electron chi connectivity index (χ2n) is 5.37. The molecule has 124 valence electrons. The van der Waals surface area contributed by atoms with Gasteiger partial charge in [-0.05, 0) is 31.0 Å². The molecule has 0 fully saturated rings. The van der Waals surface area contributed by atoms with Crippen LogP contribution < -0.4 is 4.74 Å². The van der Waals surface area contributed by atoms with E-state index in [4.69, 9.17) is 20.1 Å². The topological polar surface area (TPSA) is 104 Å². The zero-order valence-corrected chi connectivity index (χ0v) is 13.4. The van der Waals surface area contributed by atoms with Gasteiger partial charge in [0.2, 0.25) is 0 Å². The Morgan fingerprint density at radius 1 is 1.05 bits per heavy atom. The van der Waals surface area contributed by atoms with Gasteiger partial charge in [-0.2, -0.15) is 0 Å². The van der Waals surface area contributed by atoms with E-state index in [1.165, 1.54) is 7.11 Å². The first kappa shape index (κ1) is 20.2. The van der Waals surface area contributed by atoms with Crippen LogP contribution in [0.15, 0.2) is 6.07 Å². The molecule has 0 atom stereocenters. The Kier molecular flexibility index (Phi) is 8.55. The maximum Gasteiger partial charge on any atom is 0.154 e. The van der Waals surface area contributed by atoms with Gasteiger partial charge in [-0.3, -0.25) is 9.59 Å². The number of aliphatic hydroxyl groups is 3. The van der Waals surface area contributed by atoms with E-state index >= 15 is 0 Å². The first-order valence-corrected chi connectivity index (χ1v) is 6.75. The summed E-state index contributed by atoms with van der Waals surface area (Å²) in [5, 5.41) is 25.4. The standard InChI is InChI=1S/C11H12O3.C5H12O3/c1-7-4-11(14-3)10(6-13)8(2)9(7)5-12;1-5(2-6,3-7)4-8/h4-6H,1-3H3;6-8H,2-4H2,1H3. The number of aldehydes is 2. The second kappa shape index (κ2) is 9.30. The number of hydrogen-bond acceptors (Lipinski definition) is 6. The van der Waals surface area contributed by atoms with Crippen LogP contribution in [-0.4, -0.2) is 54.8 Å². The smallest absolute Gasteiger partial charge is 0.154 e. The van der Waals surface area contributed by atoms with E-state index in [2.05, 4.69) is 0 Å². The Hall–Kier alpha value is -1.76. The molecular formula is C16H24O6. The van der Waals surface area contributed by atoms with Crippen molar-refractivity contribution in [1.82, 2.24) is 0 Å². The van der Waals surface area contributed by atoms with Crippen LogP contribution in [0.4, 0.5) is 0 Å². The van der Waals surface area contributed by atoms with Gasteiger partial charge in [-0.15, -0.1) is 0 Å². The maximum absolute atomic E-state index is 10.8. The molecule has 0 bridgehead atoms. The zero-order chi connectivity index (χ0) is 17.3. The van der Waals surface area contributed by atoms with E-state index in [0.717, 1.165) is 11.8 Å². The average Bonchev–Trinajstić information content (AvgIpc) is 2.54. The molecule has 6 nitrogen and oxygen atoms in total. The maximum atomic E-state index is 10.8. The molecule has 0 aromatic heterocycles. The molecule has 0 aliphatic carbocycles. The summed E-state index contributed by atoms with van der Waals surface area (Å²) in [5.41, 5.74) is 1.79. The Balaban J connectivity index is 0.000000472. The first-order chi connectivity index (χ1) is 10.3. The molecule has 3 N–H and O–H groups in total. The fourth-order valence-corrected chi connectivity index (χ4v) is 1.62. The summed E-state index contributed by atoms with van der Waals surface area (Å²) >= 11 is 0. The molecule has 1 aromatic rings. The van der Waals surface area contributed by atoms with Gasteiger partial charge >= 0.3 is 0 Å². The molecule has 0 saturated heterocycles. The quantitative estimate of drug-likeness (QED) is 0.674. The highest BCUT2D eigenvalue weighted by Crippen LogP contribution is 2.25. The van der Waals surface area contributed by atoms with Gasteiger partial charge in [0.1, 0.15) is 5.75 Å². The van der Waals surface area contributed by atoms with Gasteiger partial charge in [0, 0.05) is 11.0 Å². The molecule has 0 saturated carbocycles. The number of benzene rings is 1. The molecule has 0 aliphatic heterocycles. The van der Waals surface area contributed by atoms with Gasteiger partial charge < -0.3 is 20.1 Å². The van der Waals surface area contributed by atoms with Gasteiger partial charge in [-0.1, -0.05) is 6.92 Å². The highest BCUT2D eigenvalue weighted by molar-refractivity contribution is 5.89. The van der Waals surface area contributed by atoms with Crippen LogP contribution >= 0.6 is 0 Å². The number of carbonyl (C=O) groups excluding carboxylic acids is 2. The predicted molar refractivity (Wildman–Crippen MR) is 82.6 cm³/mol. The third-order valence-electron chi connectivity index (χ3n) is 3.45. The van der Waals surface area contributed by atoms with Crippen molar-refractivity contribution in [2.24, 2.45) is 5.41 Å². The molecule has 0 amide bonds. The van der Waals surface area contributed by atoms with Crippen LogP contribution in [0, 0.1) is 19.3 Å². The van der Waals surface area contributed by atoms with Gasteiger partial charge in [0.05, 0.1) is 32.5 Å². The molecule has 0 unspecified atom stereocenters. The van der Waals surface area contributed by atoms with Crippen molar-refractivity contribution >= 4 is 12.6 Å². The van der Waals surface area contributed by atoms with Crippen molar-refractivity contribution in [2.45, 2.75) is 20.8 Å². The van der Waals surface area contributed by atoms with Crippen LogP contribution in [0.1, 0.15) is 38.8 Å². The minimum Gasteiger partial charge on any atom is -0.496 e. The lowest BCUT2D eigenvalue weighted by Gasteiger charge is -2.20. The van der Waals surface area contributed by atoms with Crippen LogP contribution in [-0.2, 0) is 0 Å². The fraction of sp³-hybridized carbons (Fsp3) is 0.500. The monoisotopic (exact) mass is 312 g/mol. The lowest BCUT2D eigenvalue weighted by Crippen LogP contribution is -2.29. The number of rotatable bonds is 6. The number of carbonyl (C=O) groups is 2. The minimum absolute atomic E-state index is 0.181. The summed E-state index contributed by atoms with van der Waals surface area (Å²) in [6, 6.07) is 1.69. The van der Waals surface area contributed by atoms with Crippen molar-refractivity contribution in [3.63, 3.8) is 0 Å². The van der Waals surface area contributed by atoms with E-state index in [1.807, 2.05) is 6.92 Å². The van der Waals surface area contributed by atoms with Crippen molar-refractivity contribution in [3.05, 3.63) is 28.3 Å². The summed E-state index contributed by atoms with van der Waals surface area (Å²) in [5.74, 6) is 0.514. The van der Waals surface area contributed by atoms with Crippen LogP contribution in [0.25, 0.3) is 0 Å². The van der Waals surface area contributed by atoms with Gasteiger partial charge in [0.25, 0.3) is 0 Å². The normalized spacial score (nSPS) is 10.5. The SMILES string of the molecule is CC(CO)(CO)CO.COc1cc(C)c(C=O)c(C)c1C=O. The lowest BCUT2D eigenvalue weighted by molar-refractivity contribution is 0.0200. The van der Waals surface area contributed by atoms with Crippen molar-refractivity contribution in [2.75, 3.05) is 26.9 Å². The zero-order valence-electron chi connectivity index (χ0n) is 13.4. The Labute approximate surface area is 130 Å². The molecular weight excluding hydrogens is 288 g/mol. The third-order valence-corrected chi connectivity index (χ3v) is 3.45. The number of hydrogen-bond donors (Lipinski definition) is 3. The van der Waals surface area contributed by atoms with Crippen molar-refractivity contribution in [3.8, 4) is 5.75 Å². The summed E-state index contributed by atoms with van der Waals surface area (Å²) in [4.78, 5) is 21.5. The molecule has 1 rings (SSSR count). The van der Waals surface area contributed by atoms with Crippen molar-refractivity contribution in [1.29, 1.82) is 0 Å².